The van der Waals surface area contributed by atoms with Crippen molar-refractivity contribution < 1.29 is 14.7 Å². The number of carbonyl (C=O) groups excluding carboxylic acids is 1. The van der Waals surface area contributed by atoms with Crippen LogP contribution in [-0.2, 0) is 4.84 Å². The molecule has 1 aliphatic heterocycles. The first kappa shape index (κ1) is 9.28. The minimum absolute atomic E-state index is 0.0788. The third-order valence-corrected chi connectivity index (χ3v) is 2.00. The molecule has 0 aromatic rings. The molecule has 0 aromatic heterocycles. The van der Waals surface area contributed by atoms with Gasteiger partial charge in [-0.15, -0.1) is 0 Å². The molecular weight excluding hydrogens is 160 g/mol. The number of aliphatic hydroxyl groups excluding tert-OH is 1. The number of hydrogen-bond donors (Lipinski definition) is 2. The number of hydrogen-bond acceptors (Lipinski definition) is 3. The fraction of sp³-hybridized carbons (Fsp3) is 0.857. The summed E-state index contributed by atoms with van der Waals surface area (Å²) < 4.78 is 0. The van der Waals surface area contributed by atoms with Gasteiger partial charge in [0, 0.05) is 12.6 Å². The molecule has 1 rings (SSSR count). The summed E-state index contributed by atoms with van der Waals surface area (Å²) in [7, 11) is 1.38. The summed E-state index contributed by atoms with van der Waals surface area (Å²) in [6, 6.07) is -0.211. The zero-order valence-electron chi connectivity index (χ0n) is 7.28. The second-order valence-corrected chi connectivity index (χ2v) is 3.00. The molecule has 70 valence electrons. The van der Waals surface area contributed by atoms with Crippen LogP contribution in [0.1, 0.15) is 13.3 Å². The predicted octanol–water partition coefficient (Wildman–Crippen LogP) is -0.288. The van der Waals surface area contributed by atoms with Crippen LogP contribution in [0.5, 0.6) is 0 Å². The van der Waals surface area contributed by atoms with E-state index < -0.39 is 6.10 Å². The van der Waals surface area contributed by atoms with Crippen LogP contribution in [0, 0.1) is 0 Å². The summed E-state index contributed by atoms with van der Waals surface area (Å²) in [6.07, 6.45) is 0.236. The van der Waals surface area contributed by atoms with Crippen LogP contribution in [0.2, 0.25) is 0 Å². The molecular formula is C7H14N2O3. The molecule has 0 aromatic carbocycles. The highest BCUT2D eigenvalue weighted by molar-refractivity contribution is 5.73. The van der Waals surface area contributed by atoms with E-state index in [9.17, 15) is 9.90 Å². The van der Waals surface area contributed by atoms with E-state index in [1.165, 1.54) is 7.11 Å². The van der Waals surface area contributed by atoms with Crippen molar-refractivity contribution >= 4 is 6.03 Å². The Morgan fingerprint density at radius 2 is 2.42 bits per heavy atom. The number of hydroxylamine groups is 1. The van der Waals surface area contributed by atoms with Crippen LogP contribution >= 0.6 is 0 Å². The standard InChI is InChI=1S/C7H14N2O3/c1-5-3-6(10)4-9(5)7(11)8-12-2/h5-6,10H,3-4H2,1-2H3,(H,8,11). The largest absolute Gasteiger partial charge is 0.391 e. The van der Waals surface area contributed by atoms with Crippen molar-refractivity contribution in [2.45, 2.75) is 25.5 Å². The van der Waals surface area contributed by atoms with Gasteiger partial charge in [0.15, 0.2) is 0 Å². The number of aliphatic hydroxyl groups is 1. The summed E-state index contributed by atoms with van der Waals surface area (Å²) in [5.74, 6) is 0. The fourth-order valence-corrected chi connectivity index (χ4v) is 1.43. The molecule has 2 unspecified atom stereocenters. The summed E-state index contributed by atoms with van der Waals surface area (Å²) in [5, 5.41) is 9.22. The lowest BCUT2D eigenvalue weighted by molar-refractivity contribution is 0.0833. The number of nitrogens with zero attached hydrogens (tertiary/aromatic N) is 1. The molecule has 5 heteroatoms. The van der Waals surface area contributed by atoms with E-state index in [4.69, 9.17) is 0 Å². The third kappa shape index (κ3) is 1.86. The molecule has 1 heterocycles. The van der Waals surface area contributed by atoms with Gasteiger partial charge in [0.2, 0.25) is 0 Å². The minimum atomic E-state index is -0.400. The molecule has 5 nitrogen and oxygen atoms in total. The van der Waals surface area contributed by atoms with Gasteiger partial charge in [0.25, 0.3) is 0 Å². The van der Waals surface area contributed by atoms with Crippen molar-refractivity contribution in [1.82, 2.24) is 10.4 Å². The number of nitrogens with one attached hydrogen (secondary N) is 1. The van der Waals surface area contributed by atoms with E-state index in [-0.39, 0.29) is 12.1 Å². The topological polar surface area (TPSA) is 61.8 Å². The maximum Gasteiger partial charge on any atom is 0.341 e. The highest BCUT2D eigenvalue weighted by Crippen LogP contribution is 2.16. The zero-order chi connectivity index (χ0) is 9.14. The van der Waals surface area contributed by atoms with Gasteiger partial charge in [-0.05, 0) is 13.3 Å². The number of β-amino-alcohol motifs (C(OH)–C–C–N with tert-alkyl or cyclic N) is 1. The van der Waals surface area contributed by atoms with Crippen molar-refractivity contribution in [3.8, 4) is 0 Å². The fourth-order valence-electron chi connectivity index (χ4n) is 1.43. The van der Waals surface area contributed by atoms with Crippen LogP contribution in [-0.4, -0.2) is 41.8 Å². The maximum atomic E-state index is 11.2. The first-order valence-corrected chi connectivity index (χ1v) is 3.92. The van der Waals surface area contributed by atoms with Gasteiger partial charge in [0.1, 0.15) is 0 Å². The van der Waals surface area contributed by atoms with E-state index in [2.05, 4.69) is 10.3 Å². The van der Waals surface area contributed by atoms with E-state index in [0.717, 1.165) is 0 Å². The maximum absolute atomic E-state index is 11.2. The summed E-state index contributed by atoms with van der Waals surface area (Å²) in [5.41, 5.74) is 2.21. The van der Waals surface area contributed by atoms with Gasteiger partial charge in [0.05, 0.1) is 13.2 Å². The third-order valence-electron chi connectivity index (χ3n) is 2.00. The van der Waals surface area contributed by atoms with Crippen LogP contribution in [0.25, 0.3) is 0 Å². The Kier molecular flexibility index (Phi) is 2.88. The summed E-state index contributed by atoms with van der Waals surface area (Å²) in [6.45, 7) is 2.28. The molecule has 1 fully saturated rings. The zero-order valence-corrected chi connectivity index (χ0v) is 7.28. The molecule has 0 radical (unpaired) electrons. The molecule has 0 bridgehead atoms. The molecule has 0 spiro atoms. The summed E-state index contributed by atoms with van der Waals surface area (Å²) in [4.78, 5) is 17.2. The molecule has 12 heavy (non-hydrogen) atoms. The van der Waals surface area contributed by atoms with Gasteiger partial charge in [-0.1, -0.05) is 0 Å². The smallest absolute Gasteiger partial charge is 0.341 e. The Balaban J connectivity index is 2.46. The second kappa shape index (κ2) is 3.73. The lowest BCUT2D eigenvalue weighted by Crippen LogP contribution is -2.41. The predicted molar refractivity (Wildman–Crippen MR) is 42.3 cm³/mol. The molecule has 1 saturated heterocycles. The molecule has 0 aliphatic carbocycles. The molecule has 1 aliphatic rings. The SMILES string of the molecule is CONC(=O)N1CC(O)CC1C. The van der Waals surface area contributed by atoms with Crippen LogP contribution < -0.4 is 5.48 Å². The van der Waals surface area contributed by atoms with Gasteiger partial charge < -0.3 is 10.0 Å². The lowest BCUT2D eigenvalue weighted by Gasteiger charge is -2.20. The highest BCUT2D eigenvalue weighted by Gasteiger charge is 2.30. The van der Waals surface area contributed by atoms with Gasteiger partial charge >= 0.3 is 6.03 Å². The molecule has 2 amide bonds. The Morgan fingerprint density at radius 1 is 1.75 bits per heavy atom. The van der Waals surface area contributed by atoms with Crippen molar-refractivity contribution in [2.75, 3.05) is 13.7 Å². The monoisotopic (exact) mass is 174 g/mol. The Hall–Kier alpha value is -0.810. The lowest BCUT2D eigenvalue weighted by atomic mass is 10.2. The highest BCUT2D eigenvalue weighted by atomic mass is 16.6. The number of likely N-dealkylation sites (tertiary alicyclic amines) is 1. The van der Waals surface area contributed by atoms with Crippen LogP contribution in [0.3, 0.4) is 0 Å². The van der Waals surface area contributed by atoms with E-state index >= 15 is 0 Å². The van der Waals surface area contributed by atoms with E-state index in [1.54, 1.807) is 4.90 Å². The quantitative estimate of drug-likeness (QED) is 0.537. The van der Waals surface area contributed by atoms with Crippen LogP contribution in [0.15, 0.2) is 0 Å². The van der Waals surface area contributed by atoms with E-state index in [1.807, 2.05) is 6.92 Å². The van der Waals surface area contributed by atoms with Crippen LogP contribution in [0.4, 0.5) is 4.79 Å². The normalized spacial score (nSPS) is 29.1. The van der Waals surface area contributed by atoms with E-state index in [0.29, 0.717) is 13.0 Å². The average Bonchev–Trinajstić information content (AvgIpc) is 2.30. The number of rotatable bonds is 1. The van der Waals surface area contributed by atoms with Gasteiger partial charge in [-0.3, -0.25) is 4.84 Å². The average molecular weight is 174 g/mol. The van der Waals surface area contributed by atoms with Crippen molar-refractivity contribution in [2.24, 2.45) is 0 Å². The van der Waals surface area contributed by atoms with Crippen molar-refractivity contribution in [1.29, 1.82) is 0 Å². The second-order valence-electron chi connectivity index (χ2n) is 3.00. The Morgan fingerprint density at radius 3 is 2.83 bits per heavy atom. The Bertz CT molecular complexity index is 174. The minimum Gasteiger partial charge on any atom is -0.391 e. The molecule has 2 N–H and O–H groups in total. The van der Waals surface area contributed by atoms with Gasteiger partial charge in [-0.25, -0.2) is 10.3 Å². The number of amides is 2. The molecule has 2 atom stereocenters. The molecule has 0 saturated carbocycles. The van der Waals surface area contributed by atoms with Gasteiger partial charge in [-0.2, -0.15) is 0 Å². The Labute approximate surface area is 71.3 Å². The number of carbonyl (C=O) groups is 1. The van der Waals surface area contributed by atoms with Crippen molar-refractivity contribution in [3.05, 3.63) is 0 Å². The number of urea groups is 1. The summed E-state index contributed by atoms with van der Waals surface area (Å²) >= 11 is 0. The first-order valence-electron chi connectivity index (χ1n) is 3.92. The first-order chi connectivity index (χ1) is 5.65. The van der Waals surface area contributed by atoms with Crippen molar-refractivity contribution in [3.63, 3.8) is 0 Å².